The van der Waals surface area contributed by atoms with Gasteiger partial charge in [-0.25, -0.2) is 4.39 Å². The molecule has 0 radical (unpaired) electrons. The van der Waals surface area contributed by atoms with Crippen LogP contribution in [0.15, 0.2) is 64.4 Å². The van der Waals surface area contributed by atoms with Crippen LogP contribution in [0, 0.1) is 19.7 Å². The van der Waals surface area contributed by atoms with Crippen molar-refractivity contribution >= 4 is 0 Å². The van der Waals surface area contributed by atoms with E-state index in [1.807, 2.05) is 32.0 Å². The van der Waals surface area contributed by atoms with Gasteiger partial charge in [0.05, 0.1) is 6.54 Å². The van der Waals surface area contributed by atoms with Crippen LogP contribution in [-0.2, 0) is 6.54 Å². The van der Waals surface area contributed by atoms with Crippen molar-refractivity contribution in [3.63, 3.8) is 0 Å². The topological polar surface area (TPSA) is 44.0 Å². The third-order valence-corrected chi connectivity index (χ3v) is 3.84. The van der Waals surface area contributed by atoms with Crippen LogP contribution in [0.5, 0.6) is 0 Å². The molecule has 1 aromatic heterocycles. The molecule has 2 aromatic carbocycles. The average molecular weight is 324 g/mol. The molecule has 3 rings (SSSR count). The van der Waals surface area contributed by atoms with E-state index in [9.17, 15) is 14.0 Å². The zero-order valence-corrected chi connectivity index (χ0v) is 13.5. The summed E-state index contributed by atoms with van der Waals surface area (Å²) in [5.74, 6) is -0.400. The summed E-state index contributed by atoms with van der Waals surface area (Å²) in [5, 5.41) is 0. The predicted molar refractivity (Wildman–Crippen MR) is 91.3 cm³/mol. The van der Waals surface area contributed by atoms with Gasteiger partial charge in [0, 0.05) is 23.6 Å². The van der Waals surface area contributed by atoms with Gasteiger partial charge in [0.25, 0.3) is 0 Å². The largest absolute Gasteiger partial charge is 0.320 e. The van der Waals surface area contributed by atoms with Crippen molar-refractivity contribution in [2.75, 3.05) is 0 Å². The van der Waals surface area contributed by atoms with Gasteiger partial charge in [0.2, 0.25) is 0 Å². The number of aromatic nitrogens is 2. The fraction of sp³-hybridized carbons (Fsp3) is 0.158. The Morgan fingerprint density at radius 1 is 0.917 bits per heavy atom. The standard InChI is InChI=1S/C19H17FN2O2/c1-13-9-14(2)11-16(10-13)22-8-7-21(18(23)19(22)24)12-15-5-3-4-6-17(15)20/h3-11H,12H2,1-2H3. The second kappa shape index (κ2) is 6.28. The molecule has 3 aromatic rings. The van der Waals surface area contributed by atoms with Crippen LogP contribution in [0.25, 0.3) is 5.69 Å². The number of benzene rings is 2. The highest BCUT2D eigenvalue weighted by Crippen LogP contribution is 2.12. The van der Waals surface area contributed by atoms with Crippen molar-refractivity contribution in [3.8, 4) is 5.69 Å². The molecule has 0 saturated carbocycles. The molecule has 0 atom stereocenters. The zero-order chi connectivity index (χ0) is 17.3. The van der Waals surface area contributed by atoms with Gasteiger partial charge < -0.3 is 4.57 Å². The predicted octanol–water partition coefficient (Wildman–Crippen LogP) is 2.80. The molecular formula is C19H17FN2O2. The summed E-state index contributed by atoms with van der Waals surface area (Å²) in [5.41, 5.74) is 1.69. The van der Waals surface area contributed by atoms with Crippen LogP contribution in [-0.4, -0.2) is 9.13 Å². The highest BCUT2D eigenvalue weighted by atomic mass is 19.1. The van der Waals surface area contributed by atoms with Crippen LogP contribution in [0.4, 0.5) is 4.39 Å². The van der Waals surface area contributed by atoms with Crippen LogP contribution < -0.4 is 11.1 Å². The lowest BCUT2D eigenvalue weighted by atomic mass is 10.1. The maximum atomic E-state index is 13.7. The fourth-order valence-electron chi connectivity index (χ4n) is 2.74. The van der Waals surface area contributed by atoms with Crippen molar-refractivity contribution in [1.82, 2.24) is 9.13 Å². The summed E-state index contributed by atoms with van der Waals surface area (Å²) in [6.07, 6.45) is 3.05. The Hall–Kier alpha value is -2.95. The lowest BCUT2D eigenvalue weighted by Gasteiger charge is -2.11. The molecule has 1 heterocycles. The van der Waals surface area contributed by atoms with Crippen molar-refractivity contribution < 1.29 is 4.39 Å². The minimum Gasteiger partial charge on any atom is -0.305 e. The monoisotopic (exact) mass is 324 g/mol. The lowest BCUT2D eigenvalue weighted by Crippen LogP contribution is -2.40. The minimum atomic E-state index is -0.681. The Morgan fingerprint density at radius 2 is 1.58 bits per heavy atom. The average Bonchev–Trinajstić information content (AvgIpc) is 2.53. The first kappa shape index (κ1) is 15.9. The summed E-state index contributed by atoms with van der Waals surface area (Å²) in [6, 6.07) is 11.9. The highest BCUT2D eigenvalue weighted by molar-refractivity contribution is 5.39. The summed E-state index contributed by atoms with van der Waals surface area (Å²) in [6.45, 7) is 3.89. The van der Waals surface area contributed by atoms with Gasteiger partial charge >= 0.3 is 11.1 Å². The van der Waals surface area contributed by atoms with Gasteiger partial charge in [0.15, 0.2) is 0 Å². The van der Waals surface area contributed by atoms with Crippen LogP contribution in [0.2, 0.25) is 0 Å². The van der Waals surface area contributed by atoms with E-state index in [4.69, 9.17) is 0 Å². The SMILES string of the molecule is Cc1cc(C)cc(-n2ccn(Cc3ccccc3F)c(=O)c2=O)c1. The van der Waals surface area contributed by atoms with Crippen molar-refractivity contribution in [3.05, 3.63) is 98.1 Å². The molecule has 0 aliphatic heterocycles. The van der Waals surface area contributed by atoms with Gasteiger partial charge in [-0.2, -0.15) is 0 Å². The Labute approximate surface area is 138 Å². The van der Waals surface area contributed by atoms with Crippen LogP contribution >= 0.6 is 0 Å². The highest BCUT2D eigenvalue weighted by Gasteiger charge is 2.09. The lowest BCUT2D eigenvalue weighted by molar-refractivity contribution is 0.593. The van der Waals surface area contributed by atoms with Gasteiger partial charge in [-0.1, -0.05) is 24.3 Å². The number of hydrogen-bond acceptors (Lipinski definition) is 2. The molecule has 0 spiro atoms. The Balaban J connectivity index is 2.05. The first-order valence-electron chi connectivity index (χ1n) is 7.60. The molecular weight excluding hydrogens is 307 g/mol. The molecule has 0 saturated heterocycles. The number of nitrogens with zero attached hydrogens (tertiary/aromatic N) is 2. The Morgan fingerprint density at radius 3 is 2.25 bits per heavy atom. The number of halogens is 1. The molecule has 0 amide bonds. The molecule has 24 heavy (non-hydrogen) atoms. The van der Waals surface area contributed by atoms with E-state index >= 15 is 0 Å². The van der Waals surface area contributed by atoms with Crippen molar-refractivity contribution in [1.29, 1.82) is 0 Å². The smallest absolute Gasteiger partial charge is 0.305 e. The van der Waals surface area contributed by atoms with Gasteiger partial charge in [-0.3, -0.25) is 14.2 Å². The molecule has 0 bridgehead atoms. The summed E-state index contributed by atoms with van der Waals surface area (Å²) >= 11 is 0. The molecule has 0 fully saturated rings. The van der Waals surface area contributed by atoms with E-state index in [0.29, 0.717) is 11.3 Å². The molecule has 0 N–H and O–H groups in total. The number of hydrogen-bond donors (Lipinski definition) is 0. The second-order valence-electron chi connectivity index (χ2n) is 5.84. The normalized spacial score (nSPS) is 10.8. The summed E-state index contributed by atoms with van der Waals surface area (Å²) < 4.78 is 16.3. The fourth-order valence-corrected chi connectivity index (χ4v) is 2.74. The zero-order valence-electron chi connectivity index (χ0n) is 13.5. The van der Waals surface area contributed by atoms with E-state index in [0.717, 1.165) is 11.1 Å². The van der Waals surface area contributed by atoms with E-state index in [1.54, 1.807) is 24.4 Å². The number of rotatable bonds is 3. The van der Waals surface area contributed by atoms with Crippen molar-refractivity contribution in [2.24, 2.45) is 0 Å². The summed E-state index contributed by atoms with van der Waals surface area (Å²) in [7, 11) is 0. The second-order valence-corrected chi connectivity index (χ2v) is 5.84. The van der Waals surface area contributed by atoms with E-state index < -0.39 is 16.9 Å². The molecule has 122 valence electrons. The van der Waals surface area contributed by atoms with Gasteiger partial charge in [-0.05, 0) is 43.2 Å². The first-order valence-corrected chi connectivity index (χ1v) is 7.60. The first-order chi connectivity index (χ1) is 11.5. The van der Waals surface area contributed by atoms with Gasteiger partial charge in [-0.15, -0.1) is 0 Å². The third-order valence-electron chi connectivity index (χ3n) is 3.84. The van der Waals surface area contributed by atoms with E-state index in [2.05, 4.69) is 0 Å². The van der Waals surface area contributed by atoms with Crippen LogP contribution in [0.1, 0.15) is 16.7 Å². The molecule has 5 heteroatoms. The van der Waals surface area contributed by atoms with E-state index in [-0.39, 0.29) is 6.54 Å². The molecule has 0 aliphatic carbocycles. The maximum Gasteiger partial charge on any atom is 0.320 e. The minimum absolute atomic E-state index is 0.0223. The van der Waals surface area contributed by atoms with Crippen LogP contribution in [0.3, 0.4) is 0 Å². The Kier molecular flexibility index (Phi) is 4.16. The number of aryl methyl sites for hydroxylation is 2. The van der Waals surface area contributed by atoms with E-state index in [1.165, 1.54) is 21.4 Å². The maximum absolute atomic E-state index is 13.7. The molecule has 4 nitrogen and oxygen atoms in total. The molecule has 0 aliphatic rings. The third kappa shape index (κ3) is 3.06. The van der Waals surface area contributed by atoms with Gasteiger partial charge in [0.1, 0.15) is 5.82 Å². The summed E-state index contributed by atoms with van der Waals surface area (Å²) in [4.78, 5) is 24.8. The Bertz CT molecular complexity index is 998. The van der Waals surface area contributed by atoms with Crippen molar-refractivity contribution in [2.45, 2.75) is 20.4 Å². The molecule has 0 unspecified atom stereocenters. The quantitative estimate of drug-likeness (QED) is 0.695.